The van der Waals surface area contributed by atoms with Crippen molar-refractivity contribution in [2.45, 2.75) is 45.6 Å². The molecule has 0 aromatic carbocycles. The Morgan fingerprint density at radius 2 is 2.26 bits per heavy atom. The molecule has 1 aromatic rings. The van der Waals surface area contributed by atoms with Gasteiger partial charge in [0, 0.05) is 18.8 Å². The minimum atomic E-state index is -0.00621. The average Bonchev–Trinajstić information content (AvgIpc) is 2.82. The summed E-state index contributed by atoms with van der Waals surface area (Å²) in [5, 5.41) is 6.31. The van der Waals surface area contributed by atoms with Crippen molar-refractivity contribution in [1.82, 2.24) is 10.3 Å². The van der Waals surface area contributed by atoms with Gasteiger partial charge >= 0.3 is 0 Å². The molecule has 4 heteroatoms. The standard InChI is InChI=1S/C15H23N3O/c1-3-9-16-14-8-7-12(10-17-14)15(19)18-13-6-4-5-11(13)2/h7-8,10-11,13H,3-6,9H2,1-2H3,(H,16,17)(H,18,19). The highest BCUT2D eigenvalue weighted by molar-refractivity contribution is 5.94. The minimum absolute atomic E-state index is 0.00621. The fourth-order valence-electron chi connectivity index (χ4n) is 2.50. The fraction of sp³-hybridized carbons (Fsp3) is 0.600. The van der Waals surface area contributed by atoms with E-state index in [1.807, 2.05) is 12.1 Å². The van der Waals surface area contributed by atoms with Crippen molar-refractivity contribution in [2.75, 3.05) is 11.9 Å². The molecule has 2 atom stereocenters. The lowest BCUT2D eigenvalue weighted by Gasteiger charge is -2.17. The Morgan fingerprint density at radius 3 is 2.84 bits per heavy atom. The van der Waals surface area contributed by atoms with Gasteiger partial charge in [-0.15, -0.1) is 0 Å². The van der Waals surface area contributed by atoms with Gasteiger partial charge in [-0.3, -0.25) is 4.79 Å². The number of pyridine rings is 1. The molecule has 19 heavy (non-hydrogen) atoms. The second-order valence-electron chi connectivity index (χ2n) is 5.35. The molecule has 104 valence electrons. The van der Waals surface area contributed by atoms with E-state index in [1.54, 1.807) is 6.20 Å². The number of anilines is 1. The molecular weight excluding hydrogens is 238 g/mol. The second kappa shape index (κ2) is 6.55. The van der Waals surface area contributed by atoms with Gasteiger partial charge in [0.15, 0.2) is 0 Å². The lowest BCUT2D eigenvalue weighted by Crippen LogP contribution is -2.36. The number of carbonyl (C=O) groups is 1. The third-order valence-electron chi connectivity index (χ3n) is 3.76. The normalized spacial score (nSPS) is 22.2. The molecule has 0 saturated heterocycles. The molecule has 1 aromatic heterocycles. The molecule has 0 radical (unpaired) electrons. The second-order valence-corrected chi connectivity index (χ2v) is 5.35. The summed E-state index contributed by atoms with van der Waals surface area (Å²) >= 11 is 0. The molecule has 2 unspecified atom stereocenters. The number of aromatic nitrogens is 1. The Hall–Kier alpha value is -1.58. The molecule has 1 amide bonds. The first-order chi connectivity index (χ1) is 9.20. The summed E-state index contributed by atoms with van der Waals surface area (Å²) in [6.07, 6.45) is 6.22. The Kier molecular flexibility index (Phi) is 4.77. The average molecular weight is 261 g/mol. The zero-order valence-electron chi connectivity index (χ0n) is 11.8. The first kappa shape index (κ1) is 13.8. The molecule has 2 N–H and O–H groups in total. The molecule has 1 fully saturated rings. The first-order valence-electron chi connectivity index (χ1n) is 7.21. The van der Waals surface area contributed by atoms with Gasteiger partial charge in [-0.1, -0.05) is 20.3 Å². The summed E-state index contributed by atoms with van der Waals surface area (Å²) in [7, 11) is 0. The number of rotatable bonds is 5. The van der Waals surface area contributed by atoms with E-state index >= 15 is 0 Å². The van der Waals surface area contributed by atoms with E-state index < -0.39 is 0 Å². The molecular formula is C15H23N3O. The summed E-state index contributed by atoms with van der Waals surface area (Å²) < 4.78 is 0. The van der Waals surface area contributed by atoms with Crippen LogP contribution in [0.25, 0.3) is 0 Å². The predicted molar refractivity (Wildman–Crippen MR) is 77.3 cm³/mol. The van der Waals surface area contributed by atoms with E-state index in [2.05, 4.69) is 29.5 Å². The maximum Gasteiger partial charge on any atom is 0.253 e. The highest BCUT2D eigenvalue weighted by Crippen LogP contribution is 2.25. The maximum atomic E-state index is 12.1. The van der Waals surface area contributed by atoms with Crippen molar-refractivity contribution < 1.29 is 4.79 Å². The van der Waals surface area contributed by atoms with E-state index in [-0.39, 0.29) is 5.91 Å². The number of nitrogens with one attached hydrogen (secondary N) is 2. The van der Waals surface area contributed by atoms with E-state index in [4.69, 9.17) is 0 Å². The Labute approximate surface area is 115 Å². The summed E-state index contributed by atoms with van der Waals surface area (Å²) in [6, 6.07) is 4.02. The van der Waals surface area contributed by atoms with Crippen LogP contribution in [0.2, 0.25) is 0 Å². The zero-order valence-corrected chi connectivity index (χ0v) is 11.8. The van der Waals surface area contributed by atoms with Crippen molar-refractivity contribution in [3.05, 3.63) is 23.9 Å². The number of hydrogen-bond donors (Lipinski definition) is 2. The fourth-order valence-corrected chi connectivity index (χ4v) is 2.50. The van der Waals surface area contributed by atoms with Crippen molar-refractivity contribution in [3.63, 3.8) is 0 Å². The number of hydrogen-bond acceptors (Lipinski definition) is 3. The van der Waals surface area contributed by atoms with Crippen molar-refractivity contribution in [1.29, 1.82) is 0 Å². The van der Waals surface area contributed by atoms with Gasteiger partial charge in [0.05, 0.1) is 5.56 Å². The van der Waals surface area contributed by atoms with Crippen LogP contribution >= 0.6 is 0 Å². The highest BCUT2D eigenvalue weighted by atomic mass is 16.1. The van der Waals surface area contributed by atoms with Gasteiger partial charge in [0.25, 0.3) is 5.91 Å². The van der Waals surface area contributed by atoms with Crippen molar-refractivity contribution in [3.8, 4) is 0 Å². The lowest BCUT2D eigenvalue weighted by atomic mass is 10.1. The predicted octanol–water partition coefficient (Wildman–Crippen LogP) is 2.82. The highest BCUT2D eigenvalue weighted by Gasteiger charge is 2.25. The number of carbonyl (C=O) groups excluding carboxylic acids is 1. The molecule has 0 aliphatic heterocycles. The van der Waals surface area contributed by atoms with E-state index in [9.17, 15) is 4.79 Å². The van der Waals surface area contributed by atoms with Crippen molar-refractivity contribution in [2.24, 2.45) is 5.92 Å². The molecule has 0 bridgehead atoms. The first-order valence-corrected chi connectivity index (χ1v) is 7.21. The maximum absolute atomic E-state index is 12.1. The Balaban J connectivity index is 1.91. The van der Waals surface area contributed by atoms with E-state index in [0.717, 1.165) is 25.2 Å². The molecule has 0 spiro atoms. The lowest BCUT2D eigenvalue weighted by molar-refractivity contribution is 0.0929. The topological polar surface area (TPSA) is 54.0 Å². The van der Waals surface area contributed by atoms with E-state index in [0.29, 0.717) is 17.5 Å². The third-order valence-corrected chi connectivity index (χ3v) is 3.76. The number of nitrogens with zero attached hydrogens (tertiary/aromatic N) is 1. The number of amides is 1. The third kappa shape index (κ3) is 3.69. The Morgan fingerprint density at radius 1 is 1.42 bits per heavy atom. The summed E-state index contributed by atoms with van der Waals surface area (Å²) in [4.78, 5) is 16.4. The van der Waals surface area contributed by atoms with Crippen LogP contribution in [-0.4, -0.2) is 23.5 Å². The van der Waals surface area contributed by atoms with Crippen LogP contribution in [-0.2, 0) is 0 Å². The van der Waals surface area contributed by atoms with Crippen LogP contribution in [0.4, 0.5) is 5.82 Å². The van der Waals surface area contributed by atoms with Crippen LogP contribution in [0, 0.1) is 5.92 Å². The van der Waals surface area contributed by atoms with Crippen LogP contribution in [0.15, 0.2) is 18.3 Å². The quantitative estimate of drug-likeness (QED) is 0.857. The van der Waals surface area contributed by atoms with Crippen LogP contribution in [0.1, 0.15) is 49.9 Å². The monoisotopic (exact) mass is 261 g/mol. The van der Waals surface area contributed by atoms with Crippen molar-refractivity contribution >= 4 is 11.7 Å². The van der Waals surface area contributed by atoms with Crippen LogP contribution in [0.5, 0.6) is 0 Å². The zero-order chi connectivity index (χ0) is 13.7. The molecule has 1 heterocycles. The Bertz CT molecular complexity index is 416. The van der Waals surface area contributed by atoms with Gasteiger partial charge in [0.1, 0.15) is 5.82 Å². The van der Waals surface area contributed by atoms with Gasteiger partial charge in [-0.2, -0.15) is 0 Å². The van der Waals surface area contributed by atoms with Gasteiger partial charge in [-0.05, 0) is 37.3 Å². The van der Waals surface area contributed by atoms with Gasteiger partial charge < -0.3 is 10.6 Å². The molecule has 1 aliphatic rings. The molecule has 1 aliphatic carbocycles. The largest absolute Gasteiger partial charge is 0.370 e. The molecule has 2 rings (SSSR count). The minimum Gasteiger partial charge on any atom is -0.370 e. The SMILES string of the molecule is CCCNc1ccc(C(=O)NC2CCCC2C)cn1. The smallest absolute Gasteiger partial charge is 0.253 e. The van der Waals surface area contributed by atoms with E-state index in [1.165, 1.54) is 12.8 Å². The van der Waals surface area contributed by atoms with Gasteiger partial charge in [0.2, 0.25) is 0 Å². The van der Waals surface area contributed by atoms with Crippen LogP contribution in [0.3, 0.4) is 0 Å². The van der Waals surface area contributed by atoms with Gasteiger partial charge in [-0.25, -0.2) is 4.98 Å². The molecule has 4 nitrogen and oxygen atoms in total. The summed E-state index contributed by atoms with van der Waals surface area (Å²) in [6.45, 7) is 5.21. The van der Waals surface area contributed by atoms with Crippen LogP contribution < -0.4 is 10.6 Å². The molecule has 1 saturated carbocycles. The summed E-state index contributed by atoms with van der Waals surface area (Å²) in [5.74, 6) is 1.41. The summed E-state index contributed by atoms with van der Waals surface area (Å²) in [5.41, 5.74) is 0.640.